The van der Waals surface area contributed by atoms with Gasteiger partial charge in [0, 0.05) is 4.88 Å². The molecule has 0 aliphatic rings. The number of ether oxygens (including phenoxy) is 3. The summed E-state index contributed by atoms with van der Waals surface area (Å²) in [6.45, 7) is 5.44. The van der Waals surface area contributed by atoms with Gasteiger partial charge in [0.15, 0.2) is 6.61 Å². The fourth-order valence-electron chi connectivity index (χ4n) is 2.28. The summed E-state index contributed by atoms with van der Waals surface area (Å²) < 4.78 is 15.1. The molecule has 0 radical (unpaired) electrons. The molecule has 150 valence electrons. The summed E-state index contributed by atoms with van der Waals surface area (Å²) in [5, 5.41) is 3.01. The number of methoxy groups -OCH3 is 1. The lowest BCUT2D eigenvalue weighted by atomic mass is 10.1. The van der Waals surface area contributed by atoms with Crippen molar-refractivity contribution in [2.24, 2.45) is 0 Å². The highest BCUT2D eigenvalue weighted by molar-refractivity contribution is 7.16. The fraction of sp³-hybridized carbons (Fsp3) is 0.350. The van der Waals surface area contributed by atoms with Crippen LogP contribution in [0.3, 0.4) is 0 Å². The third-order valence-corrected chi connectivity index (χ3v) is 5.06. The summed E-state index contributed by atoms with van der Waals surface area (Å²) in [6, 6.07) is 8.15. The van der Waals surface area contributed by atoms with Crippen LogP contribution in [0.4, 0.5) is 5.00 Å². The maximum absolute atomic E-state index is 12.2. The van der Waals surface area contributed by atoms with Crippen molar-refractivity contribution in [3.8, 4) is 5.75 Å². The highest BCUT2D eigenvalue weighted by Gasteiger charge is 2.21. The van der Waals surface area contributed by atoms with Crippen molar-refractivity contribution in [1.29, 1.82) is 0 Å². The Morgan fingerprint density at radius 3 is 2.50 bits per heavy atom. The van der Waals surface area contributed by atoms with E-state index in [0.717, 1.165) is 4.88 Å². The molecule has 0 unspecified atom stereocenters. The monoisotopic (exact) mass is 405 g/mol. The molecule has 0 atom stereocenters. The molecular weight excluding hydrogens is 382 g/mol. The first-order valence-corrected chi connectivity index (χ1v) is 9.59. The third kappa shape index (κ3) is 5.56. The summed E-state index contributed by atoms with van der Waals surface area (Å²) >= 11 is 1.30. The molecule has 7 nitrogen and oxygen atoms in total. The Morgan fingerprint density at radius 1 is 1.11 bits per heavy atom. The molecule has 1 aromatic carbocycles. The van der Waals surface area contributed by atoms with Gasteiger partial charge >= 0.3 is 11.9 Å². The van der Waals surface area contributed by atoms with Crippen LogP contribution in [0, 0.1) is 0 Å². The minimum atomic E-state index is -0.645. The number of thiophene rings is 1. The van der Waals surface area contributed by atoms with E-state index in [0.29, 0.717) is 16.3 Å². The standard InChI is InChI=1S/C20H23NO6S/c1-5-26-20(24)15-10-16(12(2)3)28-18(15)21-17(22)11-27-19(23)13-7-6-8-14(9-13)25-4/h6-10,12H,5,11H2,1-4H3,(H,21,22). The Bertz CT molecular complexity index is 858. The summed E-state index contributed by atoms with van der Waals surface area (Å²) in [5.41, 5.74) is 0.570. The zero-order valence-corrected chi connectivity index (χ0v) is 17.1. The molecule has 0 saturated carbocycles. The fourth-order valence-corrected chi connectivity index (χ4v) is 3.34. The van der Waals surface area contributed by atoms with Gasteiger partial charge in [0.2, 0.25) is 0 Å². The second kappa shape index (κ2) is 9.89. The minimum absolute atomic E-state index is 0.190. The molecule has 2 aromatic rings. The maximum Gasteiger partial charge on any atom is 0.341 e. The van der Waals surface area contributed by atoms with Gasteiger partial charge in [0.25, 0.3) is 5.91 Å². The van der Waals surface area contributed by atoms with Gasteiger partial charge in [-0.25, -0.2) is 9.59 Å². The first-order valence-electron chi connectivity index (χ1n) is 8.77. The SMILES string of the molecule is CCOC(=O)c1cc(C(C)C)sc1NC(=O)COC(=O)c1cccc(OC)c1. The van der Waals surface area contributed by atoms with Crippen LogP contribution in [0.5, 0.6) is 5.75 Å². The number of carbonyl (C=O) groups is 3. The summed E-state index contributed by atoms with van der Waals surface area (Å²) in [5.74, 6) is -0.991. The van der Waals surface area contributed by atoms with E-state index in [1.54, 1.807) is 31.2 Å². The normalized spacial score (nSPS) is 10.5. The van der Waals surface area contributed by atoms with E-state index in [9.17, 15) is 14.4 Å². The van der Waals surface area contributed by atoms with E-state index in [-0.39, 0.29) is 18.1 Å². The number of hydrogen-bond acceptors (Lipinski definition) is 7. The van der Waals surface area contributed by atoms with Gasteiger partial charge < -0.3 is 19.5 Å². The van der Waals surface area contributed by atoms with Crippen molar-refractivity contribution >= 4 is 34.2 Å². The molecule has 1 amide bonds. The van der Waals surface area contributed by atoms with Crippen LogP contribution in [0.2, 0.25) is 0 Å². The van der Waals surface area contributed by atoms with E-state index in [1.807, 2.05) is 13.8 Å². The van der Waals surface area contributed by atoms with Gasteiger partial charge in [-0.1, -0.05) is 19.9 Å². The molecule has 0 bridgehead atoms. The van der Waals surface area contributed by atoms with E-state index >= 15 is 0 Å². The number of rotatable bonds is 8. The zero-order valence-electron chi connectivity index (χ0n) is 16.2. The van der Waals surface area contributed by atoms with E-state index in [4.69, 9.17) is 14.2 Å². The molecule has 1 N–H and O–H groups in total. The summed E-state index contributed by atoms with van der Waals surface area (Å²) in [6.07, 6.45) is 0. The average molecular weight is 405 g/mol. The molecular formula is C20H23NO6S. The van der Waals surface area contributed by atoms with Gasteiger partial charge in [-0.05, 0) is 37.1 Å². The molecule has 0 spiro atoms. The molecule has 28 heavy (non-hydrogen) atoms. The summed E-state index contributed by atoms with van der Waals surface area (Å²) in [7, 11) is 1.49. The average Bonchev–Trinajstić information content (AvgIpc) is 3.10. The van der Waals surface area contributed by atoms with Crippen LogP contribution in [0.25, 0.3) is 0 Å². The Labute approximate surface area is 167 Å². The van der Waals surface area contributed by atoms with Gasteiger partial charge in [-0.2, -0.15) is 0 Å². The van der Waals surface area contributed by atoms with Crippen molar-refractivity contribution in [2.45, 2.75) is 26.7 Å². The predicted octanol–water partition coefficient (Wildman–Crippen LogP) is 3.85. The van der Waals surface area contributed by atoms with Crippen LogP contribution < -0.4 is 10.1 Å². The lowest BCUT2D eigenvalue weighted by molar-refractivity contribution is -0.119. The van der Waals surface area contributed by atoms with Gasteiger partial charge in [-0.3, -0.25) is 4.79 Å². The van der Waals surface area contributed by atoms with Gasteiger partial charge in [-0.15, -0.1) is 11.3 Å². The molecule has 8 heteroatoms. The molecule has 0 fully saturated rings. The number of nitrogens with one attached hydrogen (secondary N) is 1. The lowest BCUT2D eigenvalue weighted by Crippen LogP contribution is -2.21. The minimum Gasteiger partial charge on any atom is -0.497 e. The number of hydrogen-bond donors (Lipinski definition) is 1. The number of amides is 1. The van der Waals surface area contributed by atoms with E-state index < -0.39 is 24.5 Å². The maximum atomic E-state index is 12.2. The van der Waals surface area contributed by atoms with Crippen molar-refractivity contribution in [3.63, 3.8) is 0 Å². The second-order valence-electron chi connectivity index (χ2n) is 6.12. The molecule has 2 rings (SSSR count). The van der Waals surface area contributed by atoms with Crippen molar-refractivity contribution in [2.75, 3.05) is 25.6 Å². The number of carbonyl (C=O) groups excluding carboxylic acids is 3. The van der Waals surface area contributed by atoms with E-state index in [1.165, 1.54) is 24.5 Å². The zero-order chi connectivity index (χ0) is 20.7. The first-order chi connectivity index (χ1) is 13.3. The van der Waals surface area contributed by atoms with Gasteiger partial charge in [0.05, 0.1) is 24.8 Å². The van der Waals surface area contributed by atoms with Crippen LogP contribution >= 0.6 is 11.3 Å². The van der Waals surface area contributed by atoms with Gasteiger partial charge in [0.1, 0.15) is 10.8 Å². The van der Waals surface area contributed by atoms with Crippen LogP contribution in [-0.4, -0.2) is 38.2 Å². The highest BCUT2D eigenvalue weighted by Crippen LogP contribution is 2.33. The molecule has 1 heterocycles. The number of esters is 2. The predicted molar refractivity (Wildman–Crippen MR) is 106 cm³/mol. The molecule has 1 aromatic heterocycles. The van der Waals surface area contributed by atoms with Crippen LogP contribution in [0.1, 0.15) is 52.3 Å². The topological polar surface area (TPSA) is 90.9 Å². The molecule has 0 aliphatic heterocycles. The number of benzene rings is 1. The molecule has 0 aliphatic carbocycles. The Hall–Kier alpha value is -2.87. The quantitative estimate of drug-likeness (QED) is 0.671. The largest absolute Gasteiger partial charge is 0.497 e. The van der Waals surface area contributed by atoms with Crippen molar-refractivity contribution in [1.82, 2.24) is 0 Å². The van der Waals surface area contributed by atoms with Crippen molar-refractivity contribution < 1.29 is 28.6 Å². The third-order valence-electron chi connectivity index (χ3n) is 3.71. The summed E-state index contributed by atoms with van der Waals surface area (Å²) in [4.78, 5) is 37.4. The second-order valence-corrected chi connectivity index (χ2v) is 7.21. The number of anilines is 1. The lowest BCUT2D eigenvalue weighted by Gasteiger charge is -2.08. The highest BCUT2D eigenvalue weighted by atomic mass is 32.1. The van der Waals surface area contributed by atoms with Crippen LogP contribution in [-0.2, 0) is 14.3 Å². The Balaban J connectivity index is 2.03. The van der Waals surface area contributed by atoms with E-state index in [2.05, 4.69) is 5.32 Å². The smallest absolute Gasteiger partial charge is 0.341 e. The Kier molecular flexibility index (Phi) is 7.57. The first kappa shape index (κ1) is 21.4. The van der Waals surface area contributed by atoms with Crippen LogP contribution in [0.15, 0.2) is 30.3 Å². The van der Waals surface area contributed by atoms with Crippen molar-refractivity contribution in [3.05, 3.63) is 46.3 Å². The molecule has 0 saturated heterocycles. The Morgan fingerprint density at radius 2 is 1.86 bits per heavy atom.